The van der Waals surface area contributed by atoms with Gasteiger partial charge in [0.15, 0.2) is 0 Å². The highest BCUT2D eigenvalue weighted by Gasteiger charge is 2.15. The highest BCUT2D eigenvalue weighted by molar-refractivity contribution is 5.82. The predicted octanol–water partition coefficient (Wildman–Crippen LogP) is 1.03. The largest absolute Gasteiger partial charge is 0.355 e. The van der Waals surface area contributed by atoms with E-state index in [1.807, 2.05) is 13.8 Å². The molecule has 92 valence electrons. The van der Waals surface area contributed by atoms with Crippen LogP contribution < -0.4 is 10.6 Å². The molecule has 0 rings (SSSR count). The molecule has 4 nitrogen and oxygen atoms in total. The summed E-state index contributed by atoms with van der Waals surface area (Å²) in [5, 5.41) is 5.81. The van der Waals surface area contributed by atoms with Crippen LogP contribution in [-0.4, -0.2) is 30.8 Å². The summed E-state index contributed by atoms with van der Waals surface area (Å²) in [6.45, 7) is 8.49. The van der Waals surface area contributed by atoms with E-state index in [0.717, 1.165) is 0 Å². The zero-order chi connectivity index (χ0) is 12.4. The van der Waals surface area contributed by atoms with Gasteiger partial charge in [0.25, 0.3) is 0 Å². The normalized spacial score (nSPS) is 11.9. The van der Waals surface area contributed by atoms with E-state index in [1.54, 1.807) is 6.08 Å². The molecule has 0 aromatic heterocycles. The van der Waals surface area contributed by atoms with Crippen molar-refractivity contribution in [3.63, 3.8) is 0 Å². The summed E-state index contributed by atoms with van der Waals surface area (Å²) in [5.74, 6) is 0.173. The third kappa shape index (κ3) is 6.35. The molecule has 0 aliphatic carbocycles. The Labute approximate surface area is 97.5 Å². The zero-order valence-corrected chi connectivity index (χ0v) is 10.2. The molecular formula is C12H22N2O2. The molecule has 4 heteroatoms. The zero-order valence-electron chi connectivity index (χ0n) is 10.2. The molecule has 0 saturated carbocycles. The molecule has 0 aromatic rings. The van der Waals surface area contributed by atoms with Crippen molar-refractivity contribution < 1.29 is 9.59 Å². The highest BCUT2D eigenvalue weighted by Crippen LogP contribution is 1.95. The molecule has 0 fully saturated rings. The Hall–Kier alpha value is -1.16. The first kappa shape index (κ1) is 14.8. The number of likely N-dealkylation sites (N-methyl/N-ethyl adjacent to an activating group) is 1. The standard InChI is InChI=1S/C12H22N2O2/c1-4-7-11(12(16)13-6-3)14-9-8-10(15)5-2/h4,11,14H,1,5-9H2,2-3H3,(H,13,16). The van der Waals surface area contributed by atoms with Gasteiger partial charge < -0.3 is 10.6 Å². The van der Waals surface area contributed by atoms with Crippen molar-refractivity contribution in [1.29, 1.82) is 0 Å². The molecule has 0 saturated heterocycles. The van der Waals surface area contributed by atoms with Gasteiger partial charge >= 0.3 is 0 Å². The quantitative estimate of drug-likeness (QED) is 0.577. The summed E-state index contributed by atoms with van der Waals surface area (Å²) in [6.07, 6.45) is 3.30. The van der Waals surface area contributed by atoms with Crippen LogP contribution in [0.15, 0.2) is 12.7 Å². The Morgan fingerprint density at radius 1 is 1.38 bits per heavy atom. The molecule has 0 aliphatic heterocycles. The van der Waals surface area contributed by atoms with Crippen LogP contribution in [0.1, 0.15) is 33.1 Å². The van der Waals surface area contributed by atoms with Crippen molar-refractivity contribution in [2.45, 2.75) is 39.2 Å². The predicted molar refractivity (Wildman–Crippen MR) is 65.2 cm³/mol. The number of Topliss-reactive ketones (excluding diaryl/α,β-unsaturated/α-hetero) is 1. The minimum Gasteiger partial charge on any atom is -0.355 e. The van der Waals surface area contributed by atoms with Crippen molar-refractivity contribution in [1.82, 2.24) is 10.6 Å². The van der Waals surface area contributed by atoms with Crippen LogP contribution >= 0.6 is 0 Å². The maximum atomic E-state index is 11.6. The molecule has 1 unspecified atom stereocenters. The van der Waals surface area contributed by atoms with Gasteiger partial charge in [-0.05, 0) is 13.3 Å². The van der Waals surface area contributed by atoms with Gasteiger partial charge in [-0.3, -0.25) is 9.59 Å². The van der Waals surface area contributed by atoms with E-state index < -0.39 is 0 Å². The topological polar surface area (TPSA) is 58.2 Å². The molecule has 2 N–H and O–H groups in total. The molecule has 0 radical (unpaired) electrons. The average Bonchev–Trinajstić information content (AvgIpc) is 2.28. The smallest absolute Gasteiger partial charge is 0.237 e. The molecule has 0 heterocycles. The minimum atomic E-state index is -0.276. The van der Waals surface area contributed by atoms with Gasteiger partial charge in [-0.15, -0.1) is 6.58 Å². The summed E-state index contributed by atoms with van der Waals surface area (Å²) in [5.41, 5.74) is 0. The second-order valence-corrected chi connectivity index (χ2v) is 3.57. The fourth-order valence-corrected chi connectivity index (χ4v) is 1.31. The van der Waals surface area contributed by atoms with E-state index in [4.69, 9.17) is 0 Å². The fraction of sp³-hybridized carbons (Fsp3) is 0.667. The van der Waals surface area contributed by atoms with E-state index in [1.165, 1.54) is 0 Å². The van der Waals surface area contributed by atoms with Gasteiger partial charge in [0.2, 0.25) is 5.91 Å². The van der Waals surface area contributed by atoms with Crippen molar-refractivity contribution in [2.75, 3.05) is 13.1 Å². The Morgan fingerprint density at radius 3 is 2.56 bits per heavy atom. The van der Waals surface area contributed by atoms with Gasteiger partial charge in [-0.25, -0.2) is 0 Å². The monoisotopic (exact) mass is 226 g/mol. The van der Waals surface area contributed by atoms with Gasteiger partial charge in [0, 0.05) is 25.9 Å². The molecule has 16 heavy (non-hydrogen) atoms. The van der Waals surface area contributed by atoms with Crippen molar-refractivity contribution in [3.05, 3.63) is 12.7 Å². The van der Waals surface area contributed by atoms with Crippen LogP contribution in [0, 0.1) is 0 Å². The SMILES string of the molecule is C=CCC(NCCC(=O)CC)C(=O)NCC. The third-order valence-electron chi connectivity index (χ3n) is 2.26. The van der Waals surface area contributed by atoms with Crippen LogP contribution in [0.4, 0.5) is 0 Å². The van der Waals surface area contributed by atoms with Crippen LogP contribution in [-0.2, 0) is 9.59 Å². The van der Waals surface area contributed by atoms with Gasteiger partial charge in [0.1, 0.15) is 5.78 Å². The molecule has 0 bridgehead atoms. The lowest BCUT2D eigenvalue weighted by atomic mass is 10.1. The summed E-state index contributed by atoms with van der Waals surface area (Å²) < 4.78 is 0. The number of hydrogen-bond donors (Lipinski definition) is 2. The molecule has 0 aromatic carbocycles. The molecule has 1 atom stereocenters. The number of rotatable bonds is 9. The van der Waals surface area contributed by atoms with E-state index >= 15 is 0 Å². The number of carbonyl (C=O) groups is 2. The van der Waals surface area contributed by atoms with Crippen LogP contribution in [0.5, 0.6) is 0 Å². The first-order valence-corrected chi connectivity index (χ1v) is 5.79. The second kappa shape index (κ2) is 9.09. The first-order valence-electron chi connectivity index (χ1n) is 5.79. The van der Waals surface area contributed by atoms with Crippen molar-refractivity contribution in [2.24, 2.45) is 0 Å². The Kier molecular flexibility index (Phi) is 8.43. The van der Waals surface area contributed by atoms with Gasteiger partial charge in [0.05, 0.1) is 6.04 Å². The van der Waals surface area contributed by atoms with Crippen LogP contribution in [0.3, 0.4) is 0 Å². The lowest BCUT2D eigenvalue weighted by molar-refractivity contribution is -0.123. The Morgan fingerprint density at radius 2 is 2.06 bits per heavy atom. The Bertz CT molecular complexity index is 239. The maximum Gasteiger partial charge on any atom is 0.237 e. The number of carbonyl (C=O) groups excluding carboxylic acids is 2. The lowest BCUT2D eigenvalue weighted by Crippen LogP contribution is -2.44. The maximum absolute atomic E-state index is 11.6. The molecule has 0 aliphatic rings. The van der Waals surface area contributed by atoms with Crippen LogP contribution in [0.2, 0.25) is 0 Å². The number of hydrogen-bond acceptors (Lipinski definition) is 3. The fourth-order valence-electron chi connectivity index (χ4n) is 1.31. The van der Waals surface area contributed by atoms with Crippen molar-refractivity contribution >= 4 is 11.7 Å². The number of ketones is 1. The first-order chi connectivity index (χ1) is 7.65. The molecule has 0 spiro atoms. The Balaban J connectivity index is 3.97. The summed E-state index contributed by atoms with van der Waals surface area (Å²) in [4.78, 5) is 22.7. The summed E-state index contributed by atoms with van der Waals surface area (Å²) in [6, 6.07) is -0.276. The third-order valence-corrected chi connectivity index (χ3v) is 2.26. The lowest BCUT2D eigenvalue weighted by Gasteiger charge is -2.15. The number of amides is 1. The molecule has 1 amide bonds. The molecular weight excluding hydrogens is 204 g/mol. The van der Waals surface area contributed by atoms with E-state index in [0.29, 0.717) is 32.4 Å². The number of nitrogens with one attached hydrogen (secondary N) is 2. The van der Waals surface area contributed by atoms with E-state index in [2.05, 4.69) is 17.2 Å². The second-order valence-electron chi connectivity index (χ2n) is 3.57. The van der Waals surface area contributed by atoms with Crippen molar-refractivity contribution in [3.8, 4) is 0 Å². The summed E-state index contributed by atoms with van der Waals surface area (Å²) in [7, 11) is 0. The van der Waals surface area contributed by atoms with E-state index in [-0.39, 0.29) is 17.7 Å². The van der Waals surface area contributed by atoms with Crippen LogP contribution in [0.25, 0.3) is 0 Å². The van der Waals surface area contributed by atoms with Gasteiger partial charge in [-0.2, -0.15) is 0 Å². The summed E-state index contributed by atoms with van der Waals surface area (Å²) >= 11 is 0. The minimum absolute atomic E-state index is 0.0358. The van der Waals surface area contributed by atoms with Gasteiger partial charge in [-0.1, -0.05) is 13.0 Å². The average molecular weight is 226 g/mol. The highest BCUT2D eigenvalue weighted by atomic mass is 16.2. The van der Waals surface area contributed by atoms with E-state index in [9.17, 15) is 9.59 Å².